The summed E-state index contributed by atoms with van der Waals surface area (Å²) in [6.45, 7) is 7.92. The molecule has 1 amide bonds. The Morgan fingerprint density at radius 1 is 1.22 bits per heavy atom. The molecule has 37 heavy (non-hydrogen) atoms. The van der Waals surface area contributed by atoms with Crippen molar-refractivity contribution in [3.8, 4) is 22.8 Å². The second-order valence-corrected chi connectivity index (χ2v) is 9.35. The van der Waals surface area contributed by atoms with Gasteiger partial charge in [0.15, 0.2) is 11.5 Å². The molecule has 3 heterocycles. The predicted molar refractivity (Wildman–Crippen MR) is 140 cm³/mol. The summed E-state index contributed by atoms with van der Waals surface area (Å²) in [5.41, 5.74) is 1.78. The molecular formula is C28H28N4O5. The molecule has 0 saturated carbocycles. The molecule has 2 N–H and O–H groups in total. The quantitative estimate of drug-likeness (QED) is 0.337. The van der Waals surface area contributed by atoms with Gasteiger partial charge in [0.05, 0.1) is 37.6 Å². The van der Waals surface area contributed by atoms with Gasteiger partial charge in [0.1, 0.15) is 24.0 Å². The number of amides is 1. The third-order valence-corrected chi connectivity index (χ3v) is 6.29. The zero-order chi connectivity index (χ0) is 26.2. The molecule has 1 fully saturated rings. The Labute approximate surface area is 214 Å². The maximum atomic E-state index is 11.8. The Morgan fingerprint density at radius 2 is 2.03 bits per heavy atom. The number of methoxy groups -OCH3 is 1. The van der Waals surface area contributed by atoms with E-state index in [1.54, 1.807) is 38.2 Å². The number of hydrogen-bond donors (Lipinski definition) is 2. The largest absolute Gasteiger partial charge is 0.493 e. The number of benzene rings is 2. The SMILES string of the molecule is C=CC(=O)N1CC(Oc2cc3c(Nc4cc(-c5ccco5)ccc4C(C)(C)O)ncnc3cc2OC)C1. The molecule has 1 aliphatic heterocycles. The second-order valence-electron chi connectivity index (χ2n) is 9.35. The first-order valence-corrected chi connectivity index (χ1v) is 11.9. The lowest BCUT2D eigenvalue weighted by molar-refractivity contribution is -0.134. The normalized spacial score (nSPS) is 13.8. The van der Waals surface area contributed by atoms with E-state index in [1.165, 1.54) is 12.4 Å². The topological polar surface area (TPSA) is 110 Å². The first-order chi connectivity index (χ1) is 17.8. The van der Waals surface area contributed by atoms with Crippen molar-refractivity contribution in [2.24, 2.45) is 0 Å². The second kappa shape index (κ2) is 9.59. The first-order valence-electron chi connectivity index (χ1n) is 11.9. The average molecular weight is 501 g/mol. The van der Waals surface area contributed by atoms with Gasteiger partial charge in [-0.3, -0.25) is 4.79 Å². The molecule has 0 aliphatic carbocycles. The highest BCUT2D eigenvalue weighted by Gasteiger charge is 2.32. The van der Waals surface area contributed by atoms with Crippen LogP contribution in [0.2, 0.25) is 0 Å². The molecule has 0 atom stereocenters. The summed E-state index contributed by atoms with van der Waals surface area (Å²) in [4.78, 5) is 22.3. The van der Waals surface area contributed by atoms with Crippen LogP contribution in [0.3, 0.4) is 0 Å². The number of nitrogens with zero attached hydrogens (tertiary/aromatic N) is 3. The van der Waals surface area contributed by atoms with Crippen molar-refractivity contribution in [3.05, 3.63) is 73.3 Å². The van der Waals surface area contributed by atoms with Crippen LogP contribution < -0.4 is 14.8 Å². The predicted octanol–water partition coefficient (Wildman–Crippen LogP) is 4.65. The minimum absolute atomic E-state index is 0.121. The zero-order valence-corrected chi connectivity index (χ0v) is 20.9. The number of carbonyl (C=O) groups is 1. The monoisotopic (exact) mass is 500 g/mol. The third-order valence-electron chi connectivity index (χ3n) is 6.29. The third kappa shape index (κ3) is 4.85. The minimum Gasteiger partial charge on any atom is -0.493 e. The lowest BCUT2D eigenvalue weighted by atomic mass is 9.94. The molecule has 2 aromatic heterocycles. The number of hydrogen-bond acceptors (Lipinski definition) is 8. The molecule has 0 bridgehead atoms. The number of furan rings is 1. The van der Waals surface area contributed by atoms with E-state index >= 15 is 0 Å². The lowest BCUT2D eigenvalue weighted by Gasteiger charge is -2.38. The van der Waals surface area contributed by atoms with E-state index in [2.05, 4.69) is 21.9 Å². The van der Waals surface area contributed by atoms with E-state index in [0.29, 0.717) is 58.3 Å². The van der Waals surface area contributed by atoms with Crippen molar-refractivity contribution < 1.29 is 23.8 Å². The van der Waals surface area contributed by atoms with Crippen LogP contribution in [0.5, 0.6) is 11.5 Å². The molecule has 5 rings (SSSR count). The van der Waals surface area contributed by atoms with Gasteiger partial charge in [-0.25, -0.2) is 9.97 Å². The van der Waals surface area contributed by atoms with Gasteiger partial charge in [0.2, 0.25) is 5.91 Å². The molecule has 1 saturated heterocycles. The number of aliphatic hydroxyl groups is 1. The summed E-state index contributed by atoms with van der Waals surface area (Å²) in [5, 5.41) is 14.9. The van der Waals surface area contributed by atoms with E-state index < -0.39 is 5.60 Å². The molecule has 190 valence electrons. The van der Waals surface area contributed by atoms with Crippen LogP contribution in [-0.2, 0) is 10.4 Å². The fourth-order valence-electron chi connectivity index (χ4n) is 4.32. The Kier molecular flexibility index (Phi) is 6.31. The minimum atomic E-state index is -1.11. The van der Waals surface area contributed by atoms with E-state index in [1.807, 2.05) is 36.4 Å². The summed E-state index contributed by atoms with van der Waals surface area (Å²) in [6.07, 6.45) is 4.22. The van der Waals surface area contributed by atoms with E-state index in [-0.39, 0.29) is 12.0 Å². The van der Waals surface area contributed by atoms with Crippen LogP contribution in [0.1, 0.15) is 19.4 Å². The number of nitrogens with one attached hydrogen (secondary N) is 1. The fraction of sp³-hybridized carbons (Fsp3) is 0.250. The number of fused-ring (bicyclic) bond motifs is 1. The van der Waals surface area contributed by atoms with Crippen LogP contribution >= 0.6 is 0 Å². The molecule has 1 aliphatic rings. The number of aromatic nitrogens is 2. The molecule has 0 spiro atoms. The molecule has 9 heteroatoms. The van der Waals surface area contributed by atoms with Gasteiger partial charge in [0, 0.05) is 28.3 Å². The van der Waals surface area contributed by atoms with E-state index in [4.69, 9.17) is 13.9 Å². The van der Waals surface area contributed by atoms with Crippen LogP contribution in [0.25, 0.3) is 22.2 Å². The highest BCUT2D eigenvalue weighted by molar-refractivity contribution is 5.93. The van der Waals surface area contributed by atoms with Gasteiger partial charge in [-0.1, -0.05) is 18.7 Å². The zero-order valence-electron chi connectivity index (χ0n) is 20.9. The Morgan fingerprint density at radius 3 is 2.70 bits per heavy atom. The fourth-order valence-corrected chi connectivity index (χ4v) is 4.32. The number of likely N-dealkylation sites (tertiary alicyclic amines) is 1. The van der Waals surface area contributed by atoms with Gasteiger partial charge < -0.3 is 29.2 Å². The Hall–Kier alpha value is -4.37. The number of ether oxygens (including phenoxy) is 2. The van der Waals surface area contributed by atoms with Crippen LogP contribution in [-0.4, -0.2) is 52.2 Å². The lowest BCUT2D eigenvalue weighted by Crippen LogP contribution is -2.55. The number of anilines is 2. The average Bonchev–Trinajstić information content (AvgIpc) is 3.40. The molecular weight excluding hydrogens is 472 g/mol. The number of carbonyl (C=O) groups excluding carboxylic acids is 1. The Balaban J connectivity index is 1.51. The smallest absolute Gasteiger partial charge is 0.246 e. The van der Waals surface area contributed by atoms with Gasteiger partial charge in [0.25, 0.3) is 0 Å². The van der Waals surface area contributed by atoms with Gasteiger partial charge >= 0.3 is 0 Å². The summed E-state index contributed by atoms with van der Waals surface area (Å²) < 4.78 is 17.3. The maximum absolute atomic E-state index is 11.8. The summed E-state index contributed by atoms with van der Waals surface area (Å²) in [6, 6.07) is 13.0. The van der Waals surface area contributed by atoms with Crippen molar-refractivity contribution in [2.75, 3.05) is 25.5 Å². The van der Waals surface area contributed by atoms with Gasteiger partial charge in [-0.2, -0.15) is 0 Å². The summed E-state index contributed by atoms with van der Waals surface area (Å²) in [5.74, 6) is 2.18. The molecule has 2 aromatic carbocycles. The van der Waals surface area contributed by atoms with Crippen molar-refractivity contribution >= 4 is 28.3 Å². The highest BCUT2D eigenvalue weighted by Crippen LogP contribution is 2.38. The Bertz CT molecular complexity index is 1450. The van der Waals surface area contributed by atoms with Crippen molar-refractivity contribution in [2.45, 2.75) is 25.6 Å². The molecule has 9 nitrogen and oxygen atoms in total. The highest BCUT2D eigenvalue weighted by atomic mass is 16.5. The summed E-state index contributed by atoms with van der Waals surface area (Å²) in [7, 11) is 1.57. The van der Waals surface area contributed by atoms with Crippen LogP contribution in [0, 0.1) is 0 Å². The summed E-state index contributed by atoms with van der Waals surface area (Å²) >= 11 is 0. The van der Waals surface area contributed by atoms with Gasteiger partial charge in [-0.15, -0.1) is 0 Å². The van der Waals surface area contributed by atoms with E-state index in [9.17, 15) is 9.90 Å². The van der Waals surface area contributed by atoms with Crippen molar-refractivity contribution in [1.29, 1.82) is 0 Å². The molecule has 0 radical (unpaired) electrons. The van der Waals surface area contributed by atoms with E-state index in [0.717, 1.165) is 5.56 Å². The van der Waals surface area contributed by atoms with Crippen LogP contribution in [0.15, 0.2) is 72.1 Å². The maximum Gasteiger partial charge on any atom is 0.246 e. The standard InChI is InChI=1S/C28H28N4O5/c1-5-26(33)32-14-18(15-32)37-25-12-19-21(13-24(25)35-4)29-16-30-27(19)31-22-11-17(23-7-6-10-36-23)8-9-20(22)28(2,3)34/h5-13,16,18,34H,1,14-15H2,2-4H3,(H,29,30,31). The van der Waals surface area contributed by atoms with Gasteiger partial charge in [-0.05, 0) is 44.2 Å². The van der Waals surface area contributed by atoms with Crippen molar-refractivity contribution in [1.82, 2.24) is 14.9 Å². The van der Waals surface area contributed by atoms with Crippen LogP contribution in [0.4, 0.5) is 11.5 Å². The number of rotatable bonds is 8. The first kappa shape index (κ1) is 24.3. The molecule has 0 unspecified atom stereocenters. The van der Waals surface area contributed by atoms with Crippen molar-refractivity contribution in [3.63, 3.8) is 0 Å². The molecule has 4 aromatic rings.